The van der Waals surface area contributed by atoms with Gasteiger partial charge in [0.05, 0.1) is 0 Å². The van der Waals surface area contributed by atoms with E-state index in [0.717, 1.165) is 12.8 Å². The molecule has 0 saturated carbocycles. The Bertz CT molecular complexity index is 555. The summed E-state index contributed by atoms with van der Waals surface area (Å²) < 4.78 is 0. The highest BCUT2D eigenvalue weighted by atomic mass is 15.1. The van der Waals surface area contributed by atoms with Crippen molar-refractivity contribution < 1.29 is 0 Å². The van der Waals surface area contributed by atoms with Crippen LogP contribution in [0.3, 0.4) is 0 Å². The van der Waals surface area contributed by atoms with Gasteiger partial charge in [0.1, 0.15) is 0 Å². The number of fused-ring (bicyclic) bond motifs is 3. The van der Waals surface area contributed by atoms with Crippen molar-refractivity contribution >= 4 is 5.69 Å². The van der Waals surface area contributed by atoms with Crippen LogP contribution in [0.4, 0.5) is 5.69 Å². The van der Waals surface area contributed by atoms with E-state index >= 15 is 0 Å². The normalized spacial score (nSPS) is 12.8. The predicted molar refractivity (Wildman–Crippen MR) is 73.6 cm³/mol. The van der Waals surface area contributed by atoms with Crippen molar-refractivity contribution in [1.82, 2.24) is 0 Å². The summed E-state index contributed by atoms with van der Waals surface area (Å²) in [5.41, 5.74) is 7.17. The monoisotopic (exact) mass is 223 g/mol. The minimum Gasteiger partial charge on any atom is -0.377 e. The molecule has 0 aromatic heterocycles. The summed E-state index contributed by atoms with van der Waals surface area (Å²) in [5, 5.41) is 0. The molecule has 0 bridgehead atoms. The first-order chi connectivity index (χ1) is 8.27. The van der Waals surface area contributed by atoms with Gasteiger partial charge in [-0.15, -0.1) is 0 Å². The van der Waals surface area contributed by atoms with Crippen LogP contribution >= 0.6 is 0 Å². The Morgan fingerprint density at radius 2 is 1.59 bits per heavy atom. The van der Waals surface area contributed by atoms with E-state index in [-0.39, 0.29) is 0 Å². The van der Waals surface area contributed by atoms with Crippen LogP contribution in [0.15, 0.2) is 42.5 Å². The predicted octanol–water partition coefficient (Wildman–Crippen LogP) is 3.52. The third kappa shape index (κ3) is 1.62. The average Bonchev–Trinajstić information content (AvgIpc) is 2.37. The molecule has 0 aliphatic heterocycles. The lowest BCUT2D eigenvalue weighted by molar-refractivity contribution is 0.929. The van der Waals surface area contributed by atoms with Crippen molar-refractivity contribution in [2.45, 2.75) is 12.8 Å². The quantitative estimate of drug-likeness (QED) is 0.715. The number of hydrogen-bond acceptors (Lipinski definition) is 1. The van der Waals surface area contributed by atoms with Gasteiger partial charge in [0.2, 0.25) is 0 Å². The van der Waals surface area contributed by atoms with E-state index in [1.807, 2.05) is 0 Å². The molecule has 0 saturated heterocycles. The van der Waals surface area contributed by atoms with Crippen LogP contribution < -0.4 is 4.90 Å². The molecule has 0 atom stereocenters. The van der Waals surface area contributed by atoms with Gasteiger partial charge >= 0.3 is 0 Å². The Hall–Kier alpha value is -1.76. The smallest absolute Gasteiger partial charge is 0.0399 e. The van der Waals surface area contributed by atoms with Crippen molar-refractivity contribution in [2.75, 3.05) is 19.0 Å². The van der Waals surface area contributed by atoms with E-state index in [4.69, 9.17) is 0 Å². The van der Waals surface area contributed by atoms with Crippen LogP contribution in [0.1, 0.15) is 11.1 Å². The van der Waals surface area contributed by atoms with Gasteiger partial charge in [-0.2, -0.15) is 0 Å². The molecule has 86 valence electrons. The van der Waals surface area contributed by atoms with Gasteiger partial charge in [-0.3, -0.25) is 0 Å². The van der Waals surface area contributed by atoms with Gasteiger partial charge < -0.3 is 4.90 Å². The third-order valence-electron chi connectivity index (χ3n) is 3.58. The van der Waals surface area contributed by atoms with Crippen molar-refractivity contribution in [3.8, 4) is 11.1 Å². The number of nitrogens with zero attached hydrogens (tertiary/aromatic N) is 1. The van der Waals surface area contributed by atoms with Crippen molar-refractivity contribution in [3.05, 3.63) is 53.6 Å². The SMILES string of the molecule is CN(C)c1cccc2c1CCc1ccccc1-2. The van der Waals surface area contributed by atoms with E-state index in [1.165, 1.54) is 27.9 Å². The maximum Gasteiger partial charge on any atom is 0.0399 e. The van der Waals surface area contributed by atoms with Crippen LogP contribution in [-0.4, -0.2) is 14.1 Å². The fraction of sp³-hybridized carbons (Fsp3) is 0.250. The summed E-state index contributed by atoms with van der Waals surface area (Å²) in [4.78, 5) is 2.22. The molecule has 3 rings (SSSR count). The first kappa shape index (κ1) is 10.4. The second-order valence-corrected chi connectivity index (χ2v) is 4.85. The van der Waals surface area contributed by atoms with Gasteiger partial charge in [-0.1, -0.05) is 36.4 Å². The highest BCUT2D eigenvalue weighted by molar-refractivity contribution is 5.78. The van der Waals surface area contributed by atoms with Crippen LogP contribution in [-0.2, 0) is 12.8 Å². The molecule has 0 radical (unpaired) electrons. The molecule has 0 N–H and O–H groups in total. The zero-order chi connectivity index (χ0) is 11.8. The zero-order valence-corrected chi connectivity index (χ0v) is 10.4. The molecule has 0 fully saturated rings. The molecule has 1 nitrogen and oxygen atoms in total. The topological polar surface area (TPSA) is 3.24 Å². The molecule has 1 aliphatic carbocycles. The number of benzene rings is 2. The van der Waals surface area contributed by atoms with Crippen molar-refractivity contribution in [3.63, 3.8) is 0 Å². The highest BCUT2D eigenvalue weighted by Crippen LogP contribution is 2.37. The van der Waals surface area contributed by atoms with Crippen LogP contribution in [0, 0.1) is 0 Å². The summed E-state index contributed by atoms with van der Waals surface area (Å²) >= 11 is 0. The lowest BCUT2D eigenvalue weighted by atomic mass is 9.84. The molecular weight excluding hydrogens is 206 g/mol. The number of rotatable bonds is 1. The first-order valence-corrected chi connectivity index (χ1v) is 6.15. The van der Waals surface area contributed by atoms with Gasteiger partial charge in [0, 0.05) is 19.8 Å². The lowest BCUT2D eigenvalue weighted by Crippen LogP contribution is -2.14. The lowest BCUT2D eigenvalue weighted by Gasteiger charge is -2.25. The van der Waals surface area contributed by atoms with E-state index in [0.29, 0.717) is 0 Å². The summed E-state index contributed by atoms with van der Waals surface area (Å²) in [6.45, 7) is 0. The number of hydrogen-bond donors (Lipinski definition) is 0. The molecular formula is C16H17N. The third-order valence-corrected chi connectivity index (χ3v) is 3.58. The molecule has 0 unspecified atom stereocenters. The zero-order valence-electron chi connectivity index (χ0n) is 10.4. The van der Waals surface area contributed by atoms with E-state index < -0.39 is 0 Å². The largest absolute Gasteiger partial charge is 0.377 e. The van der Waals surface area contributed by atoms with Crippen LogP contribution in [0.5, 0.6) is 0 Å². The summed E-state index contributed by atoms with van der Waals surface area (Å²) in [6, 6.07) is 15.4. The Morgan fingerprint density at radius 1 is 0.824 bits per heavy atom. The second kappa shape index (κ2) is 3.92. The molecule has 0 heterocycles. The molecule has 2 aromatic rings. The Morgan fingerprint density at radius 3 is 2.41 bits per heavy atom. The maximum absolute atomic E-state index is 2.25. The summed E-state index contributed by atoms with van der Waals surface area (Å²) in [7, 11) is 4.24. The first-order valence-electron chi connectivity index (χ1n) is 6.15. The van der Waals surface area contributed by atoms with Gasteiger partial charge in [-0.25, -0.2) is 0 Å². The van der Waals surface area contributed by atoms with E-state index in [2.05, 4.69) is 61.5 Å². The molecule has 0 spiro atoms. The highest BCUT2D eigenvalue weighted by Gasteiger charge is 2.18. The van der Waals surface area contributed by atoms with Gasteiger partial charge in [0.25, 0.3) is 0 Å². The summed E-state index contributed by atoms with van der Waals surface area (Å²) in [6.07, 6.45) is 2.31. The Labute approximate surface area is 103 Å². The van der Waals surface area contributed by atoms with Crippen LogP contribution in [0.25, 0.3) is 11.1 Å². The minimum atomic E-state index is 1.15. The minimum absolute atomic E-state index is 1.15. The standard InChI is InChI=1S/C16H17N/c1-17(2)16-9-5-8-14-13-7-4-3-6-12(13)10-11-15(14)16/h3-9H,10-11H2,1-2H3. The molecule has 1 heteroatoms. The fourth-order valence-corrected chi connectivity index (χ4v) is 2.77. The van der Waals surface area contributed by atoms with Crippen molar-refractivity contribution in [2.24, 2.45) is 0 Å². The van der Waals surface area contributed by atoms with E-state index in [1.54, 1.807) is 0 Å². The van der Waals surface area contributed by atoms with E-state index in [9.17, 15) is 0 Å². The van der Waals surface area contributed by atoms with Crippen LogP contribution in [0.2, 0.25) is 0 Å². The molecule has 0 amide bonds. The molecule has 1 aliphatic rings. The average molecular weight is 223 g/mol. The van der Waals surface area contributed by atoms with Crippen molar-refractivity contribution in [1.29, 1.82) is 0 Å². The molecule has 2 aromatic carbocycles. The number of aryl methyl sites for hydroxylation is 1. The second-order valence-electron chi connectivity index (χ2n) is 4.85. The fourth-order valence-electron chi connectivity index (χ4n) is 2.77. The van der Waals surface area contributed by atoms with Gasteiger partial charge in [-0.05, 0) is 41.2 Å². The number of anilines is 1. The Balaban J connectivity index is 2.24. The molecule has 17 heavy (non-hydrogen) atoms. The Kier molecular flexibility index (Phi) is 2.40. The summed E-state index contributed by atoms with van der Waals surface area (Å²) in [5.74, 6) is 0. The van der Waals surface area contributed by atoms with Gasteiger partial charge in [0.15, 0.2) is 0 Å². The maximum atomic E-state index is 2.25.